The molecule has 0 aliphatic carbocycles. The number of nitrogens with zero attached hydrogens (tertiary/aromatic N) is 6. The highest BCUT2D eigenvalue weighted by Crippen LogP contribution is 2.29. The Morgan fingerprint density at radius 3 is 2.79 bits per heavy atom. The largest absolute Gasteiger partial charge is 0.298 e. The van der Waals surface area contributed by atoms with Crippen molar-refractivity contribution in [1.82, 2.24) is 29.3 Å². The van der Waals surface area contributed by atoms with Crippen LogP contribution in [-0.2, 0) is 13.6 Å². The van der Waals surface area contributed by atoms with E-state index in [2.05, 4.69) is 56.2 Å². The van der Waals surface area contributed by atoms with Gasteiger partial charge in [0.1, 0.15) is 5.82 Å². The second-order valence-corrected chi connectivity index (χ2v) is 7.60. The molecule has 6 heteroatoms. The van der Waals surface area contributed by atoms with Crippen LogP contribution in [0.3, 0.4) is 0 Å². The average molecular weight is 372 g/mol. The molecule has 1 aliphatic heterocycles. The minimum absolute atomic E-state index is 0.406. The monoisotopic (exact) mass is 372 g/mol. The van der Waals surface area contributed by atoms with E-state index in [1.807, 2.05) is 36.0 Å². The first-order valence-electron chi connectivity index (χ1n) is 9.88. The summed E-state index contributed by atoms with van der Waals surface area (Å²) in [6, 6.07) is 16.5. The van der Waals surface area contributed by atoms with E-state index in [1.165, 1.54) is 17.5 Å². The zero-order valence-electron chi connectivity index (χ0n) is 16.1. The lowest BCUT2D eigenvalue weighted by molar-refractivity contribution is 0.196. The van der Waals surface area contributed by atoms with Crippen molar-refractivity contribution in [2.45, 2.75) is 25.3 Å². The summed E-state index contributed by atoms with van der Waals surface area (Å²) in [5, 5.41) is 13.6. The number of hydrogen-bond donors (Lipinski definition) is 0. The summed E-state index contributed by atoms with van der Waals surface area (Å²) in [7, 11) is 2.00. The molecule has 0 N–H and O–H groups in total. The highest BCUT2D eigenvalue weighted by Gasteiger charge is 2.26. The number of pyridine rings is 1. The smallest absolute Gasteiger partial charge is 0.160 e. The van der Waals surface area contributed by atoms with Crippen LogP contribution in [0.5, 0.6) is 0 Å². The van der Waals surface area contributed by atoms with Gasteiger partial charge in [-0.05, 0) is 31.5 Å². The van der Waals surface area contributed by atoms with E-state index in [-0.39, 0.29) is 0 Å². The van der Waals surface area contributed by atoms with Crippen LogP contribution in [0.15, 0.2) is 60.9 Å². The SMILES string of the molecule is Cn1cc(CN2CCC[C@@H](c3nnc4ccccn34)C2)c(-c2ccccc2)n1. The molecule has 1 aliphatic rings. The molecule has 0 saturated carbocycles. The Balaban J connectivity index is 1.38. The molecule has 0 bridgehead atoms. The molecule has 5 rings (SSSR count). The topological polar surface area (TPSA) is 51.2 Å². The minimum atomic E-state index is 0.406. The lowest BCUT2D eigenvalue weighted by Gasteiger charge is -2.31. The van der Waals surface area contributed by atoms with Crippen molar-refractivity contribution >= 4 is 5.65 Å². The second kappa shape index (κ2) is 7.20. The lowest BCUT2D eigenvalue weighted by atomic mass is 9.96. The normalized spacial score (nSPS) is 18.0. The van der Waals surface area contributed by atoms with Gasteiger partial charge >= 0.3 is 0 Å². The molecule has 1 aromatic carbocycles. The average Bonchev–Trinajstić information content (AvgIpc) is 3.32. The number of aromatic nitrogens is 5. The van der Waals surface area contributed by atoms with Crippen molar-refractivity contribution in [3.8, 4) is 11.3 Å². The van der Waals surface area contributed by atoms with Gasteiger partial charge in [-0.25, -0.2) is 0 Å². The first kappa shape index (κ1) is 17.1. The number of piperidine rings is 1. The van der Waals surface area contributed by atoms with Gasteiger partial charge < -0.3 is 0 Å². The maximum atomic E-state index is 4.72. The molecule has 4 heterocycles. The molecule has 28 heavy (non-hydrogen) atoms. The van der Waals surface area contributed by atoms with E-state index in [1.54, 1.807) is 0 Å². The molecule has 0 unspecified atom stereocenters. The van der Waals surface area contributed by atoms with Crippen LogP contribution in [0.2, 0.25) is 0 Å². The summed E-state index contributed by atoms with van der Waals surface area (Å²) in [5.74, 6) is 1.48. The lowest BCUT2D eigenvalue weighted by Crippen LogP contribution is -2.34. The van der Waals surface area contributed by atoms with E-state index in [9.17, 15) is 0 Å². The first-order valence-corrected chi connectivity index (χ1v) is 9.88. The van der Waals surface area contributed by atoms with E-state index in [0.29, 0.717) is 5.92 Å². The highest BCUT2D eigenvalue weighted by atomic mass is 15.3. The summed E-state index contributed by atoms with van der Waals surface area (Å²) >= 11 is 0. The summed E-state index contributed by atoms with van der Waals surface area (Å²) in [6.45, 7) is 3.01. The number of hydrogen-bond acceptors (Lipinski definition) is 4. The first-order chi connectivity index (χ1) is 13.8. The molecule has 1 fully saturated rings. The van der Waals surface area contributed by atoms with Gasteiger partial charge in [0, 0.05) is 49.6 Å². The van der Waals surface area contributed by atoms with E-state index < -0.39 is 0 Å². The number of benzene rings is 1. The zero-order valence-corrected chi connectivity index (χ0v) is 16.1. The third kappa shape index (κ3) is 3.20. The van der Waals surface area contributed by atoms with Gasteiger partial charge in [-0.3, -0.25) is 14.0 Å². The number of fused-ring (bicyclic) bond motifs is 1. The van der Waals surface area contributed by atoms with Crippen LogP contribution in [0, 0.1) is 0 Å². The molecule has 1 saturated heterocycles. The molecule has 0 amide bonds. The quantitative estimate of drug-likeness (QED) is 0.550. The Bertz CT molecular complexity index is 1080. The van der Waals surface area contributed by atoms with Crippen LogP contribution in [0.4, 0.5) is 0 Å². The van der Waals surface area contributed by atoms with E-state index >= 15 is 0 Å². The van der Waals surface area contributed by atoms with Crippen molar-refractivity contribution < 1.29 is 0 Å². The number of likely N-dealkylation sites (tertiary alicyclic amines) is 1. The van der Waals surface area contributed by atoms with Gasteiger partial charge in [0.25, 0.3) is 0 Å². The third-order valence-electron chi connectivity index (χ3n) is 5.56. The Kier molecular flexibility index (Phi) is 4.41. The number of rotatable bonds is 4. The van der Waals surface area contributed by atoms with Crippen molar-refractivity contribution in [2.24, 2.45) is 7.05 Å². The zero-order chi connectivity index (χ0) is 18.9. The van der Waals surface area contributed by atoms with Crippen molar-refractivity contribution in [2.75, 3.05) is 13.1 Å². The maximum Gasteiger partial charge on any atom is 0.160 e. The van der Waals surface area contributed by atoms with Crippen LogP contribution in [0.1, 0.15) is 30.1 Å². The predicted molar refractivity (Wildman–Crippen MR) is 109 cm³/mol. The second-order valence-electron chi connectivity index (χ2n) is 7.60. The Morgan fingerprint density at radius 1 is 1.04 bits per heavy atom. The fourth-order valence-electron chi connectivity index (χ4n) is 4.28. The van der Waals surface area contributed by atoms with Gasteiger partial charge in [0.05, 0.1) is 5.69 Å². The molecule has 1 atom stereocenters. The molecule has 3 aromatic heterocycles. The number of aryl methyl sites for hydroxylation is 1. The molecule has 142 valence electrons. The third-order valence-corrected chi connectivity index (χ3v) is 5.56. The summed E-state index contributed by atoms with van der Waals surface area (Å²) in [6.07, 6.45) is 6.55. The van der Waals surface area contributed by atoms with Crippen LogP contribution in [0.25, 0.3) is 16.9 Å². The van der Waals surface area contributed by atoms with Gasteiger partial charge in [-0.1, -0.05) is 36.4 Å². The van der Waals surface area contributed by atoms with E-state index in [4.69, 9.17) is 5.10 Å². The maximum absolute atomic E-state index is 4.72. The fraction of sp³-hybridized carbons (Fsp3) is 0.318. The standard InChI is InChI=1S/C22H24N6/c1-26-14-19(21(25-26)17-8-3-2-4-9-17)16-27-12-7-10-18(15-27)22-24-23-20-11-5-6-13-28(20)22/h2-6,8-9,11,13-14,18H,7,10,12,15-16H2,1H3/t18-/m1/s1. The Hall–Kier alpha value is -2.99. The van der Waals surface area contributed by atoms with Crippen LogP contribution >= 0.6 is 0 Å². The van der Waals surface area contributed by atoms with Gasteiger partial charge in [0.15, 0.2) is 5.65 Å². The molecule has 4 aromatic rings. The van der Waals surface area contributed by atoms with Gasteiger partial charge in [-0.15, -0.1) is 10.2 Å². The summed E-state index contributed by atoms with van der Waals surface area (Å²) in [5.41, 5.74) is 4.46. The van der Waals surface area contributed by atoms with Crippen LogP contribution < -0.4 is 0 Å². The predicted octanol–water partition coefficient (Wildman–Crippen LogP) is 3.51. The van der Waals surface area contributed by atoms with Gasteiger partial charge in [-0.2, -0.15) is 5.10 Å². The Morgan fingerprint density at radius 2 is 1.89 bits per heavy atom. The van der Waals surface area contributed by atoms with Crippen LogP contribution in [-0.4, -0.2) is 42.4 Å². The summed E-state index contributed by atoms with van der Waals surface area (Å²) in [4.78, 5) is 2.53. The minimum Gasteiger partial charge on any atom is -0.298 e. The van der Waals surface area contributed by atoms with Crippen molar-refractivity contribution in [1.29, 1.82) is 0 Å². The molecule has 6 nitrogen and oxygen atoms in total. The molecular formula is C22H24N6. The van der Waals surface area contributed by atoms with E-state index in [0.717, 1.165) is 43.2 Å². The molecule has 0 spiro atoms. The van der Waals surface area contributed by atoms with Crippen molar-refractivity contribution in [3.63, 3.8) is 0 Å². The highest BCUT2D eigenvalue weighted by molar-refractivity contribution is 5.62. The van der Waals surface area contributed by atoms with Crippen molar-refractivity contribution in [3.05, 3.63) is 72.3 Å². The molecule has 0 radical (unpaired) electrons. The fourth-order valence-corrected chi connectivity index (χ4v) is 4.28. The summed E-state index contributed by atoms with van der Waals surface area (Å²) < 4.78 is 4.05. The Labute approximate surface area is 164 Å². The molecular weight excluding hydrogens is 348 g/mol. The van der Waals surface area contributed by atoms with Gasteiger partial charge in [0.2, 0.25) is 0 Å².